The molecular formula is C10H12N2O3. The predicted molar refractivity (Wildman–Crippen MR) is 57.2 cm³/mol. The summed E-state index contributed by atoms with van der Waals surface area (Å²) in [4.78, 5) is 20.4. The minimum atomic E-state index is 0.222. The van der Waals surface area contributed by atoms with Gasteiger partial charge in [-0.25, -0.2) is 0 Å². The van der Waals surface area contributed by atoms with Crippen LogP contribution in [0.15, 0.2) is 18.2 Å². The molecule has 0 aliphatic heterocycles. The third-order valence-electron chi connectivity index (χ3n) is 1.82. The third kappa shape index (κ3) is 2.98. The Bertz CT molecular complexity index is 353. The first kappa shape index (κ1) is 11.0. The van der Waals surface area contributed by atoms with Crippen molar-refractivity contribution >= 4 is 24.1 Å². The number of benzene rings is 1. The van der Waals surface area contributed by atoms with Crippen LogP contribution in [0.2, 0.25) is 0 Å². The van der Waals surface area contributed by atoms with Gasteiger partial charge in [0, 0.05) is 18.8 Å². The van der Waals surface area contributed by atoms with Gasteiger partial charge >= 0.3 is 0 Å². The highest BCUT2D eigenvalue weighted by atomic mass is 16.5. The number of carbonyl (C=O) groups is 2. The number of aldehydes is 1. The predicted octanol–water partition coefficient (Wildman–Crippen LogP) is 0.874. The largest absolute Gasteiger partial charge is 0.426 e. The maximum absolute atomic E-state index is 10.2. The zero-order valence-electron chi connectivity index (χ0n) is 8.32. The third-order valence-corrected chi connectivity index (χ3v) is 1.82. The van der Waals surface area contributed by atoms with E-state index >= 15 is 0 Å². The molecule has 0 saturated heterocycles. The van der Waals surface area contributed by atoms with E-state index in [1.165, 1.54) is 0 Å². The van der Waals surface area contributed by atoms with Gasteiger partial charge in [0.15, 0.2) is 5.75 Å². The van der Waals surface area contributed by atoms with Crippen molar-refractivity contribution in [2.45, 2.75) is 0 Å². The van der Waals surface area contributed by atoms with Gasteiger partial charge in [-0.2, -0.15) is 0 Å². The molecule has 0 saturated carbocycles. The van der Waals surface area contributed by atoms with Crippen molar-refractivity contribution in [3.63, 3.8) is 0 Å². The van der Waals surface area contributed by atoms with Crippen LogP contribution in [0.1, 0.15) is 0 Å². The maximum atomic E-state index is 10.2. The number of carbonyl (C=O) groups excluding carboxylic acids is 2. The van der Waals surface area contributed by atoms with Crippen LogP contribution in [0.3, 0.4) is 0 Å². The van der Waals surface area contributed by atoms with E-state index in [1.54, 1.807) is 25.2 Å². The first-order chi connectivity index (χ1) is 7.31. The molecule has 0 radical (unpaired) electrons. The summed E-state index contributed by atoms with van der Waals surface area (Å²) >= 11 is 0. The molecule has 0 fully saturated rings. The van der Waals surface area contributed by atoms with Crippen LogP contribution in [0.4, 0.5) is 11.4 Å². The molecule has 2 N–H and O–H groups in total. The van der Waals surface area contributed by atoms with Gasteiger partial charge in [-0.05, 0) is 12.1 Å². The van der Waals surface area contributed by atoms with E-state index in [0.717, 1.165) is 12.0 Å². The van der Waals surface area contributed by atoms with Crippen molar-refractivity contribution in [3.05, 3.63) is 18.2 Å². The quantitative estimate of drug-likeness (QED) is 0.679. The number of rotatable bonds is 6. The first-order valence-electron chi connectivity index (χ1n) is 4.41. The SMILES string of the molecule is CNc1ccc(NCC=O)cc1OC=O. The second-order valence-corrected chi connectivity index (χ2v) is 2.72. The van der Waals surface area contributed by atoms with Crippen LogP contribution in [-0.4, -0.2) is 26.4 Å². The van der Waals surface area contributed by atoms with E-state index in [0.29, 0.717) is 17.9 Å². The second-order valence-electron chi connectivity index (χ2n) is 2.72. The van der Waals surface area contributed by atoms with Crippen LogP contribution in [0, 0.1) is 0 Å². The molecule has 1 aromatic rings. The van der Waals surface area contributed by atoms with Gasteiger partial charge in [0.25, 0.3) is 6.47 Å². The molecule has 1 aromatic carbocycles. The number of hydrogen-bond donors (Lipinski definition) is 2. The fourth-order valence-electron chi connectivity index (χ4n) is 1.15. The second kappa shape index (κ2) is 5.64. The molecule has 5 nitrogen and oxygen atoms in total. The Morgan fingerprint density at radius 2 is 2.20 bits per heavy atom. The lowest BCUT2D eigenvalue weighted by atomic mass is 10.2. The summed E-state index contributed by atoms with van der Waals surface area (Å²) in [6.07, 6.45) is 0.756. The number of nitrogens with one attached hydrogen (secondary N) is 2. The topological polar surface area (TPSA) is 67.4 Å². The van der Waals surface area contributed by atoms with E-state index in [-0.39, 0.29) is 6.54 Å². The van der Waals surface area contributed by atoms with Crippen LogP contribution >= 0.6 is 0 Å². The van der Waals surface area contributed by atoms with Crippen LogP contribution < -0.4 is 15.4 Å². The Morgan fingerprint density at radius 3 is 2.80 bits per heavy atom. The standard InChI is InChI=1S/C10H12N2O3/c1-11-9-3-2-8(12-4-5-13)6-10(9)15-7-14/h2-3,5-7,11-12H,4H2,1H3. The highest BCUT2D eigenvalue weighted by Crippen LogP contribution is 2.27. The Hall–Kier alpha value is -2.04. The van der Waals surface area contributed by atoms with Gasteiger partial charge in [-0.15, -0.1) is 0 Å². The zero-order chi connectivity index (χ0) is 11.1. The van der Waals surface area contributed by atoms with Crippen LogP contribution in [0.25, 0.3) is 0 Å². The van der Waals surface area contributed by atoms with E-state index in [1.807, 2.05) is 0 Å². The summed E-state index contributed by atoms with van der Waals surface area (Å²) < 4.78 is 4.78. The summed E-state index contributed by atoms with van der Waals surface area (Å²) in [5.41, 5.74) is 1.43. The van der Waals surface area contributed by atoms with Crippen molar-refractivity contribution in [2.24, 2.45) is 0 Å². The van der Waals surface area contributed by atoms with E-state index < -0.39 is 0 Å². The molecule has 5 heteroatoms. The van der Waals surface area contributed by atoms with Crippen LogP contribution in [-0.2, 0) is 9.59 Å². The zero-order valence-corrected chi connectivity index (χ0v) is 8.32. The molecule has 0 heterocycles. The van der Waals surface area contributed by atoms with E-state index in [4.69, 9.17) is 4.74 Å². The Balaban J connectivity index is 2.87. The van der Waals surface area contributed by atoms with Crippen LogP contribution in [0.5, 0.6) is 5.75 Å². The van der Waals surface area contributed by atoms with Gasteiger partial charge < -0.3 is 20.2 Å². The lowest BCUT2D eigenvalue weighted by molar-refractivity contribution is -0.120. The lowest BCUT2D eigenvalue weighted by Crippen LogP contribution is -2.03. The molecule has 0 amide bonds. The Kier molecular flexibility index (Phi) is 4.15. The molecule has 1 rings (SSSR count). The van der Waals surface area contributed by atoms with E-state index in [9.17, 15) is 9.59 Å². The van der Waals surface area contributed by atoms with Crippen molar-refractivity contribution in [2.75, 3.05) is 24.2 Å². The molecule has 0 atom stereocenters. The average molecular weight is 208 g/mol. The normalized spacial score (nSPS) is 9.13. The van der Waals surface area contributed by atoms with Gasteiger partial charge in [-0.1, -0.05) is 0 Å². The minimum Gasteiger partial charge on any atom is -0.426 e. The van der Waals surface area contributed by atoms with E-state index in [2.05, 4.69) is 10.6 Å². The molecule has 0 spiro atoms. The molecule has 0 bridgehead atoms. The monoisotopic (exact) mass is 208 g/mol. The highest BCUT2D eigenvalue weighted by molar-refractivity contribution is 5.68. The molecule has 80 valence electrons. The average Bonchev–Trinajstić information content (AvgIpc) is 2.27. The summed E-state index contributed by atoms with van der Waals surface area (Å²) in [6.45, 7) is 0.582. The van der Waals surface area contributed by atoms with Crippen molar-refractivity contribution in [1.82, 2.24) is 0 Å². The summed E-state index contributed by atoms with van der Waals surface area (Å²) in [7, 11) is 1.73. The molecule has 0 unspecified atom stereocenters. The number of ether oxygens (including phenoxy) is 1. The summed E-state index contributed by atoms with van der Waals surface area (Å²) in [6, 6.07) is 5.18. The summed E-state index contributed by atoms with van der Waals surface area (Å²) in [5, 5.41) is 5.74. The first-order valence-corrected chi connectivity index (χ1v) is 4.41. The fraction of sp³-hybridized carbons (Fsp3) is 0.200. The number of anilines is 2. The highest BCUT2D eigenvalue weighted by Gasteiger charge is 2.03. The smallest absolute Gasteiger partial charge is 0.298 e. The van der Waals surface area contributed by atoms with Crippen molar-refractivity contribution < 1.29 is 14.3 Å². The molecule has 0 aromatic heterocycles. The fourth-order valence-corrected chi connectivity index (χ4v) is 1.15. The van der Waals surface area contributed by atoms with Gasteiger partial charge in [-0.3, -0.25) is 4.79 Å². The molecule has 0 aliphatic rings. The van der Waals surface area contributed by atoms with Gasteiger partial charge in [0.2, 0.25) is 0 Å². The van der Waals surface area contributed by atoms with Gasteiger partial charge in [0.1, 0.15) is 6.29 Å². The van der Waals surface area contributed by atoms with Crippen molar-refractivity contribution in [3.8, 4) is 5.75 Å². The lowest BCUT2D eigenvalue weighted by Gasteiger charge is -2.09. The minimum absolute atomic E-state index is 0.222. The van der Waals surface area contributed by atoms with Gasteiger partial charge in [0.05, 0.1) is 12.2 Å². The molecular weight excluding hydrogens is 196 g/mol. The maximum Gasteiger partial charge on any atom is 0.298 e. The Labute approximate surface area is 87.4 Å². The summed E-state index contributed by atoms with van der Waals surface area (Å²) in [5.74, 6) is 0.420. The molecule has 15 heavy (non-hydrogen) atoms. The Morgan fingerprint density at radius 1 is 1.40 bits per heavy atom. The molecule has 0 aliphatic carbocycles. The number of hydrogen-bond acceptors (Lipinski definition) is 5. The van der Waals surface area contributed by atoms with Crippen molar-refractivity contribution in [1.29, 1.82) is 0 Å².